The minimum atomic E-state index is -0.752. The third-order valence-electron chi connectivity index (χ3n) is 2.05. The molecule has 1 amide bonds. The highest BCUT2D eigenvalue weighted by molar-refractivity contribution is 9.10. The van der Waals surface area contributed by atoms with Gasteiger partial charge in [-0.3, -0.25) is 4.79 Å². The van der Waals surface area contributed by atoms with E-state index < -0.39 is 11.9 Å². The second kappa shape index (κ2) is 5.37. The summed E-state index contributed by atoms with van der Waals surface area (Å²) in [4.78, 5) is 16.1. The van der Waals surface area contributed by atoms with Gasteiger partial charge in [0.15, 0.2) is 0 Å². The molecule has 0 bridgehead atoms. The van der Waals surface area contributed by atoms with Gasteiger partial charge in [-0.2, -0.15) is 4.39 Å². The van der Waals surface area contributed by atoms with E-state index in [2.05, 4.69) is 26.2 Å². The van der Waals surface area contributed by atoms with Crippen LogP contribution in [0, 0.1) is 5.95 Å². The number of rotatable bonds is 3. The lowest BCUT2D eigenvalue weighted by molar-refractivity contribution is 0.0946. The summed E-state index contributed by atoms with van der Waals surface area (Å²) >= 11 is 4.84. The summed E-state index contributed by atoms with van der Waals surface area (Å²) in [6, 6.07) is 4.84. The van der Waals surface area contributed by atoms with E-state index in [1.54, 1.807) is 0 Å². The summed E-state index contributed by atoms with van der Waals surface area (Å²) in [5, 5.41) is 4.56. The van der Waals surface area contributed by atoms with Gasteiger partial charge >= 0.3 is 0 Å². The average molecular weight is 315 g/mol. The van der Waals surface area contributed by atoms with Crippen molar-refractivity contribution < 1.29 is 9.18 Å². The minimum absolute atomic E-state index is 0.0388. The van der Waals surface area contributed by atoms with Crippen molar-refractivity contribution in [3.63, 3.8) is 0 Å². The fraction of sp³-hybridized carbons (Fsp3) is 0.0909. The number of pyridine rings is 1. The van der Waals surface area contributed by atoms with E-state index in [4.69, 9.17) is 0 Å². The Morgan fingerprint density at radius 2 is 2.41 bits per heavy atom. The van der Waals surface area contributed by atoms with Crippen molar-refractivity contribution in [3.05, 3.63) is 50.6 Å². The van der Waals surface area contributed by atoms with Gasteiger partial charge in [-0.15, -0.1) is 11.3 Å². The Balaban J connectivity index is 2.01. The summed E-state index contributed by atoms with van der Waals surface area (Å²) in [6.45, 7) is 0.378. The standard InChI is InChI=1S/C11H8BrFN2OS/c12-7-4-8(17-6-7)5-15-11(16)9-2-1-3-14-10(9)13/h1-4,6H,5H2,(H,15,16). The molecule has 0 aliphatic rings. The molecule has 3 nitrogen and oxygen atoms in total. The molecule has 1 N–H and O–H groups in total. The third kappa shape index (κ3) is 3.10. The Morgan fingerprint density at radius 1 is 1.59 bits per heavy atom. The first kappa shape index (κ1) is 12.2. The van der Waals surface area contributed by atoms with Crippen LogP contribution < -0.4 is 5.32 Å². The Kier molecular flexibility index (Phi) is 3.86. The molecule has 0 fully saturated rings. The number of hydrogen-bond donors (Lipinski definition) is 1. The molecule has 6 heteroatoms. The third-order valence-corrected chi connectivity index (χ3v) is 3.75. The van der Waals surface area contributed by atoms with Crippen molar-refractivity contribution >= 4 is 33.2 Å². The molecule has 0 saturated carbocycles. The molecule has 17 heavy (non-hydrogen) atoms. The zero-order chi connectivity index (χ0) is 12.3. The Hall–Kier alpha value is -1.27. The maximum absolute atomic E-state index is 13.2. The number of nitrogens with zero attached hydrogens (tertiary/aromatic N) is 1. The number of nitrogens with one attached hydrogen (secondary N) is 1. The minimum Gasteiger partial charge on any atom is -0.347 e. The molecule has 0 spiro atoms. The summed E-state index contributed by atoms with van der Waals surface area (Å²) in [7, 11) is 0. The normalized spacial score (nSPS) is 10.2. The van der Waals surface area contributed by atoms with Gasteiger partial charge in [0, 0.05) is 20.9 Å². The van der Waals surface area contributed by atoms with E-state index in [0.717, 1.165) is 9.35 Å². The summed E-state index contributed by atoms with van der Waals surface area (Å²) < 4.78 is 14.2. The highest BCUT2D eigenvalue weighted by atomic mass is 79.9. The predicted octanol–water partition coefficient (Wildman–Crippen LogP) is 2.97. The fourth-order valence-electron chi connectivity index (χ4n) is 1.26. The van der Waals surface area contributed by atoms with Gasteiger partial charge < -0.3 is 5.32 Å². The molecule has 0 aliphatic heterocycles. The first-order valence-electron chi connectivity index (χ1n) is 4.78. The molecule has 2 rings (SSSR count). The molecule has 0 aliphatic carbocycles. The summed E-state index contributed by atoms with van der Waals surface area (Å²) in [6.07, 6.45) is 1.31. The van der Waals surface area contributed by atoms with Crippen molar-refractivity contribution in [1.82, 2.24) is 10.3 Å². The Bertz CT molecular complexity index is 544. The van der Waals surface area contributed by atoms with Crippen LogP contribution in [0.1, 0.15) is 15.2 Å². The van der Waals surface area contributed by atoms with E-state index in [1.165, 1.54) is 29.7 Å². The number of thiophene rings is 1. The first-order chi connectivity index (χ1) is 8.16. The molecule has 0 radical (unpaired) electrons. The fourth-order valence-corrected chi connectivity index (χ4v) is 2.66. The van der Waals surface area contributed by atoms with Gasteiger partial charge in [-0.25, -0.2) is 4.98 Å². The van der Waals surface area contributed by atoms with Crippen LogP contribution in [0.4, 0.5) is 4.39 Å². The largest absolute Gasteiger partial charge is 0.347 e. The SMILES string of the molecule is O=C(NCc1cc(Br)cs1)c1cccnc1F. The van der Waals surface area contributed by atoms with E-state index in [1.807, 2.05) is 11.4 Å². The highest BCUT2D eigenvalue weighted by Gasteiger charge is 2.11. The zero-order valence-electron chi connectivity index (χ0n) is 8.61. The van der Waals surface area contributed by atoms with Gasteiger partial charge in [0.05, 0.1) is 12.1 Å². The second-order valence-electron chi connectivity index (χ2n) is 3.26. The number of aromatic nitrogens is 1. The van der Waals surface area contributed by atoms with Crippen LogP contribution in [0.3, 0.4) is 0 Å². The van der Waals surface area contributed by atoms with E-state index >= 15 is 0 Å². The average Bonchev–Trinajstić information content (AvgIpc) is 2.73. The van der Waals surface area contributed by atoms with Crippen LogP contribution in [0.25, 0.3) is 0 Å². The summed E-state index contributed by atoms with van der Waals surface area (Å²) in [5.74, 6) is -1.21. The maximum atomic E-state index is 13.2. The van der Waals surface area contributed by atoms with E-state index in [-0.39, 0.29) is 5.56 Å². The van der Waals surface area contributed by atoms with Crippen LogP contribution in [0.2, 0.25) is 0 Å². The monoisotopic (exact) mass is 314 g/mol. The van der Waals surface area contributed by atoms with Crippen LogP contribution >= 0.6 is 27.3 Å². The zero-order valence-corrected chi connectivity index (χ0v) is 11.0. The van der Waals surface area contributed by atoms with Gasteiger partial charge in [-0.05, 0) is 34.1 Å². The van der Waals surface area contributed by atoms with Crippen molar-refractivity contribution in [2.45, 2.75) is 6.54 Å². The quantitative estimate of drug-likeness (QED) is 0.885. The summed E-state index contributed by atoms with van der Waals surface area (Å²) in [5.41, 5.74) is -0.0388. The molecule has 0 saturated heterocycles. The molecular formula is C11H8BrFN2OS. The van der Waals surface area contributed by atoms with Crippen LogP contribution in [-0.2, 0) is 6.54 Å². The molecule has 2 aromatic rings. The highest BCUT2D eigenvalue weighted by Crippen LogP contribution is 2.19. The Labute approximate surface area is 110 Å². The topological polar surface area (TPSA) is 42.0 Å². The van der Waals surface area contributed by atoms with Crippen molar-refractivity contribution in [2.75, 3.05) is 0 Å². The lowest BCUT2D eigenvalue weighted by Gasteiger charge is -2.03. The molecule has 88 valence electrons. The number of amides is 1. The van der Waals surface area contributed by atoms with Crippen molar-refractivity contribution in [2.24, 2.45) is 0 Å². The van der Waals surface area contributed by atoms with Gasteiger partial charge in [0.2, 0.25) is 5.95 Å². The van der Waals surface area contributed by atoms with E-state index in [0.29, 0.717) is 6.54 Å². The van der Waals surface area contributed by atoms with Crippen LogP contribution in [0.5, 0.6) is 0 Å². The lowest BCUT2D eigenvalue weighted by Crippen LogP contribution is -2.23. The van der Waals surface area contributed by atoms with Gasteiger partial charge in [0.25, 0.3) is 5.91 Å². The molecule has 0 unspecified atom stereocenters. The number of carbonyl (C=O) groups excluding carboxylic acids is 1. The predicted molar refractivity (Wildman–Crippen MR) is 67.4 cm³/mol. The Morgan fingerprint density at radius 3 is 3.06 bits per heavy atom. The van der Waals surface area contributed by atoms with Crippen molar-refractivity contribution in [3.8, 4) is 0 Å². The molecule has 0 atom stereocenters. The van der Waals surface area contributed by atoms with Gasteiger partial charge in [0.1, 0.15) is 0 Å². The maximum Gasteiger partial charge on any atom is 0.256 e. The van der Waals surface area contributed by atoms with Crippen LogP contribution in [-0.4, -0.2) is 10.9 Å². The van der Waals surface area contributed by atoms with Gasteiger partial charge in [-0.1, -0.05) is 0 Å². The first-order valence-corrected chi connectivity index (χ1v) is 6.45. The molecule has 2 aromatic heterocycles. The lowest BCUT2D eigenvalue weighted by atomic mass is 10.2. The molecule has 2 heterocycles. The molecular weight excluding hydrogens is 307 g/mol. The van der Waals surface area contributed by atoms with E-state index in [9.17, 15) is 9.18 Å². The number of hydrogen-bond acceptors (Lipinski definition) is 3. The van der Waals surface area contributed by atoms with Crippen LogP contribution in [0.15, 0.2) is 34.2 Å². The number of halogens is 2. The molecule has 0 aromatic carbocycles. The smallest absolute Gasteiger partial charge is 0.256 e. The van der Waals surface area contributed by atoms with Crippen molar-refractivity contribution in [1.29, 1.82) is 0 Å². The second-order valence-corrected chi connectivity index (χ2v) is 5.17. The number of carbonyl (C=O) groups is 1.